The smallest absolute Gasteiger partial charge is 0.257 e. The highest BCUT2D eigenvalue weighted by atomic mass is 16.5. The van der Waals surface area contributed by atoms with Crippen LogP contribution in [0.2, 0.25) is 0 Å². The van der Waals surface area contributed by atoms with E-state index in [0.29, 0.717) is 19.5 Å². The molecule has 170 valence electrons. The van der Waals surface area contributed by atoms with Crippen molar-refractivity contribution in [1.82, 2.24) is 9.91 Å². The molecule has 0 N–H and O–H groups in total. The molecule has 0 radical (unpaired) electrons. The monoisotopic (exact) mass is 441 g/mol. The third-order valence-electron chi connectivity index (χ3n) is 6.08. The van der Waals surface area contributed by atoms with E-state index in [1.807, 2.05) is 54.4 Å². The van der Waals surface area contributed by atoms with E-state index in [4.69, 9.17) is 9.84 Å². The lowest BCUT2D eigenvalue weighted by atomic mass is 9.94. The van der Waals surface area contributed by atoms with Gasteiger partial charge in [-0.2, -0.15) is 5.10 Å². The van der Waals surface area contributed by atoms with Crippen LogP contribution in [-0.2, 0) is 11.3 Å². The molecule has 0 spiro atoms. The number of aryl methyl sites for hydroxylation is 2. The molecule has 0 fully saturated rings. The number of carbonyl (C=O) groups is 1. The molecule has 3 aromatic carbocycles. The Morgan fingerprint density at radius 1 is 1.06 bits per heavy atom. The van der Waals surface area contributed by atoms with Gasteiger partial charge < -0.3 is 4.74 Å². The van der Waals surface area contributed by atoms with Crippen molar-refractivity contribution in [3.8, 4) is 5.75 Å². The first-order valence-electron chi connectivity index (χ1n) is 11.3. The Hall–Kier alpha value is -3.44. The Kier molecular flexibility index (Phi) is 6.90. The van der Waals surface area contributed by atoms with Crippen LogP contribution in [0.4, 0.5) is 0 Å². The molecule has 3 aromatic rings. The average Bonchev–Trinajstić information content (AvgIpc) is 3.27. The maximum absolute atomic E-state index is 13.5. The highest BCUT2D eigenvalue weighted by Gasteiger charge is 2.34. The van der Waals surface area contributed by atoms with Crippen LogP contribution in [0.5, 0.6) is 5.75 Å². The number of carbonyl (C=O) groups excluding carboxylic acids is 1. The molecule has 5 nitrogen and oxygen atoms in total. The van der Waals surface area contributed by atoms with Crippen molar-refractivity contribution >= 4 is 11.6 Å². The van der Waals surface area contributed by atoms with Gasteiger partial charge in [-0.05, 0) is 67.4 Å². The largest absolute Gasteiger partial charge is 0.497 e. The van der Waals surface area contributed by atoms with E-state index in [9.17, 15) is 4.79 Å². The molecule has 0 saturated heterocycles. The number of hydrogen-bond donors (Lipinski definition) is 0. The van der Waals surface area contributed by atoms with E-state index in [-0.39, 0.29) is 11.9 Å². The number of benzene rings is 3. The minimum atomic E-state index is -0.111. The third-order valence-corrected chi connectivity index (χ3v) is 6.08. The van der Waals surface area contributed by atoms with Crippen molar-refractivity contribution < 1.29 is 9.53 Å². The second-order valence-corrected chi connectivity index (χ2v) is 8.75. The third kappa shape index (κ3) is 5.32. The second kappa shape index (κ2) is 10.0. The maximum atomic E-state index is 13.5. The molecule has 1 unspecified atom stereocenters. The van der Waals surface area contributed by atoms with Gasteiger partial charge in [0.25, 0.3) is 5.91 Å². The average molecular weight is 442 g/mol. The Morgan fingerprint density at radius 2 is 1.79 bits per heavy atom. The predicted octanol–water partition coefficient (Wildman–Crippen LogP) is 5.12. The van der Waals surface area contributed by atoms with Crippen molar-refractivity contribution in [2.45, 2.75) is 32.9 Å². The van der Waals surface area contributed by atoms with E-state index < -0.39 is 0 Å². The molecule has 1 aliphatic rings. The molecule has 0 bridgehead atoms. The molecule has 4 rings (SSSR count). The number of hydrazone groups is 1. The van der Waals surface area contributed by atoms with Crippen LogP contribution in [0.25, 0.3) is 0 Å². The zero-order valence-corrected chi connectivity index (χ0v) is 19.8. The van der Waals surface area contributed by atoms with Gasteiger partial charge in [-0.25, -0.2) is 5.01 Å². The fourth-order valence-corrected chi connectivity index (χ4v) is 4.31. The van der Waals surface area contributed by atoms with Crippen LogP contribution >= 0.6 is 0 Å². The molecule has 5 heteroatoms. The number of amides is 1. The van der Waals surface area contributed by atoms with Crippen molar-refractivity contribution in [3.05, 3.63) is 101 Å². The van der Waals surface area contributed by atoms with E-state index in [1.165, 1.54) is 16.7 Å². The van der Waals surface area contributed by atoms with Crippen molar-refractivity contribution in [2.75, 3.05) is 20.7 Å². The van der Waals surface area contributed by atoms with Gasteiger partial charge in [0.2, 0.25) is 0 Å². The van der Waals surface area contributed by atoms with Crippen molar-refractivity contribution in [2.24, 2.45) is 5.10 Å². The van der Waals surface area contributed by atoms with Crippen LogP contribution in [0.1, 0.15) is 40.3 Å². The zero-order valence-electron chi connectivity index (χ0n) is 19.8. The van der Waals surface area contributed by atoms with Gasteiger partial charge in [0.05, 0.1) is 25.4 Å². The lowest BCUT2D eigenvalue weighted by Crippen LogP contribution is -2.36. The summed E-state index contributed by atoms with van der Waals surface area (Å²) in [4.78, 5) is 15.5. The predicted molar refractivity (Wildman–Crippen MR) is 132 cm³/mol. The number of likely N-dealkylation sites (N-methyl/N-ethyl adjacent to an activating group) is 1. The van der Waals surface area contributed by atoms with Crippen LogP contribution < -0.4 is 4.74 Å². The quantitative estimate of drug-likeness (QED) is 0.511. The van der Waals surface area contributed by atoms with E-state index >= 15 is 0 Å². The summed E-state index contributed by atoms with van der Waals surface area (Å²) >= 11 is 0. The van der Waals surface area contributed by atoms with E-state index in [2.05, 4.69) is 44.2 Å². The minimum absolute atomic E-state index is 0.00264. The highest BCUT2D eigenvalue weighted by molar-refractivity contribution is 6.03. The zero-order chi connectivity index (χ0) is 23.4. The number of nitrogens with zero attached hydrogens (tertiary/aromatic N) is 3. The van der Waals surface area contributed by atoms with Gasteiger partial charge in [0, 0.05) is 13.0 Å². The number of methoxy groups -OCH3 is 1. The van der Waals surface area contributed by atoms with E-state index in [1.54, 1.807) is 12.1 Å². The van der Waals surface area contributed by atoms with Crippen LogP contribution in [0.15, 0.2) is 77.9 Å². The van der Waals surface area contributed by atoms with Crippen LogP contribution in [0.3, 0.4) is 0 Å². The first-order chi connectivity index (χ1) is 15.9. The van der Waals surface area contributed by atoms with Crippen molar-refractivity contribution in [3.63, 3.8) is 0 Å². The second-order valence-electron chi connectivity index (χ2n) is 8.75. The Morgan fingerprint density at radius 3 is 2.48 bits per heavy atom. The summed E-state index contributed by atoms with van der Waals surface area (Å²) in [6.07, 6.45) is 0.685. The highest BCUT2D eigenvalue weighted by Crippen LogP contribution is 2.35. The normalized spacial score (nSPS) is 15.6. The standard InChI is InChI=1S/C28H31N3O2/c1-20-10-11-21(2)25(16-20)27-17-26(23-12-14-24(33-4)15-13-23)29-31(27)28(32)19-30(3)18-22-8-6-5-7-9-22/h5-16,27H,17-19H2,1-4H3. The fraction of sp³-hybridized carbons (Fsp3) is 0.286. The molecular formula is C28H31N3O2. The summed E-state index contributed by atoms with van der Waals surface area (Å²) in [5.74, 6) is 0.807. The lowest BCUT2D eigenvalue weighted by molar-refractivity contribution is -0.134. The molecule has 33 heavy (non-hydrogen) atoms. The number of ether oxygens (including phenoxy) is 1. The summed E-state index contributed by atoms with van der Waals surface area (Å²) in [6, 6.07) is 24.4. The summed E-state index contributed by atoms with van der Waals surface area (Å²) < 4.78 is 5.29. The summed E-state index contributed by atoms with van der Waals surface area (Å²) in [6.45, 7) is 5.20. The topological polar surface area (TPSA) is 45.1 Å². The Bertz CT molecular complexity index is 1140. The lowest BCUT2D eigenvalue weighted by Gasteiger charge is -2.26. The van der Waals surface area contributed by atoms with Gasteiger partial charge in [0.15, 0.2) is 0 Å². The molecule has 0 aromatic heterocycles. The van der Waals surface area contributed by atoms with Gasteiger partial charge in [-0.1, -0.05) is 54.1 Å². The molecule has 1 atom stereocenters. The maximum Gasteiger partial charge on any atom is 0.257 e. The molecule has 1 heterocycles. The summed E-state index contributed by atoms with van der Waals surface area (Å²) in [5.41, 5.74) is 6.63. The molecule has 0 aliphatic carbocycles. The molecule has 0 saturated carbocycles. The first-order valence-corrected chi connectivity index (χ1v) is 11.3. The van der Waals surface area contributed by atoms with Gasteiger partial charge in [0.1, 0.15) is 5.75 Å². The molecule has 1 aliphatic heterocycles. The fourth-order valence-electron chi connectivity index (χ4n) is 4.31. The molecular weight excluding hydrogens is 410 g/mol. The Labute approximate surface area is 196 Å². The van der Waals surface area contributed by atoms with E-state index in [0.717, 1.165) is 22.6 Å². The van der Waals surface area contributed by atoms with Crippen LogP contribution in [-0.4, -0.2) is 42.2 Å². The number of hydrogen-bond acceptors (Lipinski definition) is 4. The first kappa shape index (κ1) is 22.7. The minimum Gasteiger partial charge on any atom is -0.497 e. The van der Waals surface area contributed by atoms with Gasteiger partial charge in [-0.15, -0.1) is 0 Å². The summed E-state index contributed by atoms with van der Waals surface area (Å²) in [5, 5.41) is 6.53. The number of rotatable bonds is 7. The Balaban J connectivity index is 1.60. The van der Waals surface area contributed by atoms with Crippen molar-refractivity contribution in [1.29, 1.82) is 0 Å². The van der Waals surface area contributed by atoms with Crippen LogP contribution in [0, 0.1) is 13.8 Å². The SMILES string of the molecule is COc1ccc(C2=NN(C(=O)CN(C)Cc3ccccc3)C(c3cc(C)ccc3C)C2)cc1. The molecule has 1 amide bonds. The van der Waals surface area contributed by atoms with Gasteiger partial charge in [-0.3, -0.25) is 9.69 Å². The summed E-state index contributed by atoms with van der Waals surface area (Å²) in [7, 11) is 3.63. The van der Waals surface area contributed by atoms with Gasteiger partial charge >= 0.3 is 0 Å².